The largest absolute Gasteiger partial charge is 0.463 e. The van der Waals surface area contributed by atoms with Crippen molar-refractivity contribution in [1.29, 1.82) is 5.26 Å². The van der Waals surface area contributed by atoms with E-state index in [1.807, 2.05) is 17.0 Å². The molecule has 0 aromatic carbocycles. The van der Waals surface area contributed by atoms with E-state index in [9.17, 15) is 10.1 Å². The van der Waals surface area contributed by atoms with E-state index in [-0.39, 0.29) is 5.91 Å². The van der Waals surface area contributed by atoms with Crippen LogP contribution in [-0.2, 0) is 17.6 Å². The van der Waals surface area contributed by atoms with E-state index < -0.39 is 0 Å². The smallest absolute Gasteiger partial charge is 0.236 e. The highest BCUT2D eigenvalue weighted by Crippen LogP contribution is 2.37. The van der Waals surface area contributed by atoms with Gasteiger partial charge in [0.1, 0.15) is 17.6 Å². The zero-order valence-corrected chi connectivity index (χ0v) is 17.3. The monoisotopic (exact) mass is 405 g/mol. The van der Waals surface area contributed by atoms with Crippen molar-refractivity contribution in [3.05, 3.63) is 35.1 Å². The van der Waals surface area contributed by atoms with Crippen LogP contribution in [0.1, 0.15) is 36.0 Å². The molecular weight excluding hydrogens is 378 g/mol. The van der Waals surface area contributed by atoms with Crippen LogP contribution in [0, 0.1) is 11.3 Å². The Labute approximate surface area is 176 Å². The van der Waals surface area contributed by atoms with Gasteiger partial charge in [-0.3, -0.25) is 9.69 Å². The average molecular weight is 406 g/mol. The van der Waals surface area contributed by atoms with E-state index in [4.69, 9.17) is 9.40 Å². The predicted octanol–water partition coefficient (Wildman–Crippen LogP) is 2.45. The van der Waals surface area contributed by atoms with Crippen LogP contribution in [0.5, 0.6) is 0 Å². The Morgan fingerprint density at radius 2 is 1.83 bits per heavy atom. The second-order valence-electron chi connectivity index (χ2n) is 8.41. The van der Waals surface area contributed by atoms with Crippen molar-refractivity contribution in [3.8, 4) is 17.5 Å². The van der Waals surface area contributed by atoms with E-state index >= 15 is 0 Å². The molecule has 1 aliphatic carbocycles. The summed E-state index contributed by atoms with van der Waals surface area (Å²) in [4.78, 5) is 23.8. The number of likely N-dealkylation sites (tertiary alicyclic amines) is 1. The van der Waals surface area contributed by atoms with Gasteiger partial charge in [-0.15, -0.1) is 0 Å². The van der Waals surface area contributed by atoms with Gasteiger partial charge in [0.15, 0.2) is 5.76 Å². The molecule has 1 amide bonds. The lowest BCUT2D eigenvalue weighted by molar-refractivity contribution is -0.131. The van der Waals surface area contributed by atoms with Gasteiger partial charge in [-0.05, 0) is 55.4 Å². The maximum Gasteiger partial charge on any atom is 0.236 e. The Morgan fingerprint density at radius 1 is 1.07 bits per heavy atom. The Bertz CT molecular complexity index is 964. The highest BCUT2D eigenvalue weighted by molar-refractivity contribution is 5.78. The number of piperazine rings is 1. The molecule has 0 spiro atoms. The molecule has 0 radical (unpaired) electrons. The number of anilines is 1. The number of nitriles is 1. The first-order chi connectivity index (χ1) is 14.7. The molecule has 30 heavy (non-hydrogen) atoms. The molecule has 0 saturated carbocycles. The Balaban J connectivity index is 1.35. The minimum Gasteiger partial charge on any atom is -0.463 e. The number of rotatable bonds is 4. The number of hydrogen-bond donors (Lipinski definition) is 0. The number of furan rings is 1. The van der Waals surface area contributed by atoms with Crippen LogP contribution in [0.3, 0.4) is 0 Å². The summed E-state index contributed by atoms with van der Waals surface area (Å²) in [6.07, 6.45) is 6.84. The molecule has 0 N–H and O–H groups in total. The third-order valence-electron chi connectivity index (χ3n) is 6.60. The zero-order chi connectivity index (χ0) is 20.5. The van der Waals surface area contributed by atoms with E-state index in [1.165, 1.54) is 5.56 Å². The van der Waals surface area contributed by atoms with Crippen LogP contribution in [-0.4, -0.2) is 66.5 Å². The lowest BCUT2D eigenvalue weighted by Crippen LogP contribution is -2.50. The highest BCUT2D eigenvalue weighted by atomic mass is 16.3. The van der Waals surface area contributed by atoms with Gasteiger partial charge in [0.25, 0.3) is 0 Å². The lowest BCUT2D eigenvalue weighted by atomic mass is 10.0. The topological polar surface area (TPSA) is 76.6 Å². The van der Waals surface area contributed by atoms with Gasteiger partial charge in [-0.25, -0.2) is 4.98 Å². The van der Waals surface area contributed by atoms with Crippen LogP contribution in [0.15, 0.2) is 22.8 Å². The van der Waals surface area contributed by atoms with E-state index in [0.717, 1.165) is 99.8 Å². The fourth-order valence-electron chi connectivity index (χ4n) is 4.98. The predicted molar refractivity (Wildman–Crippen MR) is 113 cm³/mol. The molecule has 3 aliphatic rings. The molecule has 0 bridgehead atoms. The van der Waals surface area contributed by atoms with Gasteiger partial charge in [0.2, 0.25) is 5.91 Å². The lowest BCUT2D eigenvalue weighted by Gasteiger charge is -2.36. The molecule has 2 aromatic heterocycles. The summed E-state index contributed by atoms with van der Waals surface area (Å²) in [5.74, 6) is 1.79. The summed E-state index contributed by atoms with van der Waals surface area (Å²) >= 11 is 0. The fourth-order valence-corrected chi connectivity index (χ4v) is 4.98. The number of pyridine rings is 1. The van der Waals surface area contributed by atoms with Crippen molar-refractivity contribution in [2.45, 2.75) is 32.1 Å². The molecule has 2 fully saturated rings. The molecule has 0 unspecified atom stereocenters. The zero-order valence-electron chi connectivity index (χ0n) is 17.3. The second kappa shape index (κ2) is 8.11. The molecule has 2 aromatic rings. The van der Waals surface area contributed by atoms with Crippen LogP contribution >= 0.6 is 0 Å². The summed E-state index contributed by atoms with van der Waals surface area (Å²) in [6, 6.07) is 6.26. The Hall–Kier alpha value is -2.85. The first-order valence-electron chi connectivity index (χ1n) is 11.0. The summed E-state index contributed by atoms with van der Waals surface area (Å²) in [7, 11) is 0. The number of nitrogens with zero attached hydrogens (tertiary/aromatic N) is 5. The third kappa shape index (κ3) is 3.46. The molecule has 7 nitrogen and oxygen atoms in total. The van der Waals surface area contributed by atoms with Crippen molar-refractivity contribution in [3.63, 3.8) is 0 Å². The normalized spacial score (nSPS) is 19.2. The van der Waals surface area contributed by atoms with E-state index in [0.29, 0.717) is 6.54 Å². The number of amides is 1. The molecule has 2 aliphatic heterocycles. The summed E-state index contributed by atoms with van der Waals surface area (Å²) < 4.78 is 5.66. The van der Waals surface area contributed by atoms with Gasteiger partial charge < -0.3 is 14.2 Å². The summed E-state index contributed by atoms with van der Waals surface area (Å²) in [6.45, 7) is 5.45. The average Bonchev–Trinajstić information content (AvgIpc) is 3.55. The van der Waals surface area contributed by atoms with Crippen LogP contribution in [0.4, 0.5) is 5.82 Å². The molecule has 5 rings (SSSR count). The molecule has 2 saturated heterocycles. The molecule has 0 atom stereocenters. The maximum absolute atomic E-state index is 12.5. The number of carbonyl (C=O) groups excluding carboxylic acids is 1. The molecule has 7 heteroatoms. The quantitative estimate of drug-likeness (QED) is 0.778. The SMILES string of the molecule is N#Cc1c(N2CCN(CC(=O)N3CCCC3)CC2)nc(-c2ccco2)c2c1CCC2. The van der Waals surface area contributed by atoms with Gasteiger partial charge in [0, 0.05) is 39.3 Å². The van der Waals surface area contributed by atoms with Crippen molar-refractivity contribution in [2.24, 2.45) is 0 Å². The van der Waals surface area contributed by atoms with E-state index in [2.05, 4.69) is 15.9 Å². The van der Waals surface area contributed by atoms with Gasteiger partial charge in [-0.2, -0.15) is 5.26 Å². The number of aromatic nitrogens is 1. The standard InChI is InChI=1S/C23H27N5O2/c24-15-19-17-5-3-6-18(17)22(20-7-4-14-30-20)25-23(19)28-12-10-26(11-13-28)16-21(29)27-8-1-2-9-27/h4,7,14H,1-3,5-6,8-13,16H2. The number of carbonyl (C=O) groups is 1. The first kappa shape index (κ1) is 19.1. The van der Waals surface area contributed by atoms with Crippen molar-refractivity contribution in [1.82, 2.24) is 14.8 Å². The minimum absolute atomic E-state index is 0.245. The highest BCUT2D eigenvalue weighted by Gasteiger charge is 2.30. The molecular formula is C23H27N5O2. The van der Waals surface area contributed by atoms with Crippen LogP contribution in [0.25, 0.3) is 11.5 Å². The summed E-state index contributed by atoms with van der Waals surface area (Å²) in [5, 5.41) is 9.93. The van der Waals surface area contributed by atoms with Gasteiger partial charge in [0.05, 0.1) is 18.4 Å². The van der Waals surface area contributed by atoms with Crippen molar-refractivity contribution >= 4 is 11.7 Å². The van der Waals surface area contributed by atoms with E-state index in [1.54, 1.807) is 6.26 Å². The van der Waals surface area contributed by atoms with Crippen molar-refractivity contribution < 1.29 is 9.21 Å². The van der Waals surface area contributed by atoms with Crippen LogP contribution in [0.2, 0.25) is 0 Å². The third-order valence-corrected chi connectivity index (χ3v) is 6.60. The van der Waals surface area contributed by atoms with Gasteiger partial charge in [-0.1, -0.05) is 0 Å². The maximum atomic E-state index is 12.5. The Kier molecular flexibility index (Phi) is 5.17. The van der Waals surface area contributed by atoms with Crippen LogP contribution < -0.4 is 4.90 Å². The molecule has 4 heterocycles. The minimum atomic E-state index is 0.245. The van der Waals surface area contributed by atoms with Crippen molar-refractivity contribution in [2.75, 3.05) is 50.7 Å². The van der Waals surface area contributed by atoms with Gasteiger partial charge >= 0.3 is 0 Å². The fraction of sp³-hybridized carbons (Fsp3) is 0.522. The second-order valence-corrected chi connectivity index (χ2v) is 8.41. The Morgan fingerprint density at radius 3 is 2.53 bits per heavy atom. The first-order valence-corrected chi connectivity index (χ1v) is 11.0. The number of hydrogen-bond acceptors (Lipinski definition) is 6. The number of fused-ring (bicyclic) bond motifs is 1. The molecule has 156 valence electrons. The summed E-state index contributed by atoms with van der Waals surface area (Å²) in [5.41, 5.74) is 3.91.